The second-order valence-corrected chi connectivity index (χ2v) is 9.05. The predicted molar refractivity (Wildman–Crippen MR) is 134 cm³/mol. The molecule has 0 aliphatic heterocycles. The molecule has 0 bridgehead atoms. The predicted octanol–water partition coefficient (Wildman–Crippen LogP) is 5.41. The van der Waals surface area contributed by atoms with Gasteiger partial charge < -0.3 is 19.6 Å². The first-order valence-corrected chi connectivity index (χ1v) is 11.5. The van der Waals surface area contributed by atoms with Crippen molar-refractivity contribution in [2.75, 3.05) is 18.5 Å². The summed E-state index contributed by atoms with van der Waals surface area (Å²) < 4.78 is 11.2. The van der Waals surface area contributed by atoms with Crippen LogP contribution >= 0.6 is 0 Å². The molecule has 178 valence electrons. The first kappa shape index (κ1) is 22.7. The lowest BCUT2D eigenvalue weighted by atomic mass is 9.71. The number of nitrogens with one attached hydrogen (secondary N) is 2. The van der Waals surface area contributed by atoms with Crippen molar-refractivity contribution in [3.63, 3.8) is 0 Å². The number of carbonyl (C=O) groups excluding carboxylic acids is 2. The van der Waals surface area contributed by atoms with Gasteiger partial charge in [0.15, 0.2) is 5.78 Å². The first-order valence-electron chi connectivity index (χ1n) is 11.5. The van der Waals surface area contributed by atoms with E-state index in [-0.39, 0.29) is 12.4 Å². The third kappa shape index (κ3) is 4.15. The number of hydrogen-bond donors (Lipinski definition) is 3. The molecule has 1 heterocycles. The van der Waals surface area contributed by atoms with E-state index in [1.807, 2.05) is 24.3 Å². The van der Waals surface area contributed by atoms with Gasteiger partial charge in [0.1, 0.15) is 11.5 Å². The third-order valence-electron chi connectivity index (χ3n) is 6.33. The quantitative estimate of drug-likeness (QED) is 0.327. The molecule has 0 unspecified atom stereocenters. The molecule has 1 aromatic heterocycles. The minimum Gasteiger partial charge on any atom is -0.493 e. The van der Waals surface area contributed by atoms with E-state index < -0.39 is 11.5 Å². The number of aromatic nitrogens is 1. The zero-order valence-electron chi connectivity index (χ0n) is 19.6. The summed E-state index contributed by atoms with van der Waals surface area (Å²) >= 11 is 0. The summed E-state index contributed by atoms with van der Waals surface area (Å²) in [5.41, 5.74) is 3.82. The van der Waals surface area contributed by atoms with Crippen LogP contribution in [0.5, 0.6) is 11.5 Å². The number of aromatic amines is 1. The van der Waals surface area contributed by atoms with Crippen LogP contribution in [-0.4, -0.2) is 35.2 Å². The molecule has 35 heavy (non-hydrogen) atoms. The Hall–Kier alpha value is -4.10. The fourth-order valence-corrected chi connectivity index (χ4v) is 4.57. The molecular weight excluding hydrogens is 444 g/mol. The summed E-state index contributed by atoms with van der Waals surface area (Å²) in [6.07, 6.45) is -0.0521. The zero-order valence-corrected chi connectivity index (χ0v) is 19.6. The summed E-state index contributed by atoms with van der Waals surface area (Å²) in [5.74, 6) is 0.975. The van der Waals surface area contributed by atoms with Gasteiger partial charge in [-0.05, 0) is 48.0 Å². The fourth-order valence-electron chi connectivity index (χ4n) is 4.57. The molecule has 5 rings (SSSR count). The van der Waals surface area contributed by atoms with E-state index in [9.17, 15) is 9.59 Å². The standard InChI is InChI=1S/C28H26N2O5/c1-28(2)22-15-18(34-14-6-13-31)9-11-20(22)25(32)24-21-12-10-19(16-23(21)30-26(24)28)35-27(33)29-17-7-4-3-5-8-17/h3-5,7-12,15-16,30-31H,6,13-14H2,1-2H3,(H,29,33). The van der Waals surface area contributed by atoms with Gasteiger partial charge in [-0.3, -0.25) is 10.1 Å². The van der Waals surface area contributed by atoms with E-state index in [0.717, 1.165) is 16.6 Å². The van der Waals surface area contributed by atoms with Gasteiger partial charge in [-0.2, -0.15) is 0 Å². The minimum absolute atomic E-state index is 0.0574. The van der Waals surface area contributed by atoms with E-state index in [0.29, 0.717) is 46.9 Å². The number of amides is 1. The number of H-pyrrole nitrogens is 1. The molecule has 0 fully saturated rings. The van der Waals surface area contributed by atoms with Crippen LogP contribution in [0.2, 0.25) is 0 Å². The third-order valence-corrected chi connectivity index (χ3v) is 6.33. The van der Waals surface area contributed by atoms with Gasteiger partial charge in [0.2, 0.25) is 0 Å². The van der Waals surface area contributed by atoms with Crippen LogP contribution in [0.15, 0.2) is 66.7 Å². The van der Waals surface area contributed by atoms with E-state index >= 15 is 0 Å². The summed E-state index contributed by atoms with van der Waals surface area (Å²) in [4.78, 5) is 29.2. The summed E-state index contributed by atoms with van der Waals surface area (Å²) in [6, 6.07) is 19.8. The molecule has 1 aliphatic rings. The van der Waals surface area contributed by atoms with E-state index in [2.05, 4.69) is 24.1 Å². The molecule has 0 radical (unpaired) electrons. The Morgan fingerprint density at radius 1 is 1.03 bits per heavy atom. The lowest BCUT2D eigenvalue weighted by Crippen LogP contribution is -2.30. The summed E-state index contributed by atoms with van der Waals surface area (Å²) in [6.45, 7) is 4.60. The van der Waals surface area contributed by atoms with E-state index in [4.69, 9.17) is 14.6 Å². The number of aliphatic hydroxyl groups excluding tert-OH is 1. The average Bonchev–Trinajstić information content (AvgIpc) is 3.24. The van der Waals surface area contributed by atoms with Crippen molar-refractivity contribution >= 4 is 28.5 Å². The van der Waals surface area contributed by atoms with Crippen molar-refractivity contribution in [2.24, 2.45) is 0 Å². The Morgan fingerprint density at radius 3 is 2.57 bits per heavy atom. The molecule has 3 aromatic carbocycles. The molecule has 1 amide bonds. The molecule has 7 nitrogen and oxygen atoms in total. The molecule has 3 N–H and O–H groups in total. The van der Waals surface area contributed by atoms with E-state index in [1.165, 1.54) is 0 Å². The molecule has 0 saturated heterocycles. The Bertz CT molecular complexity index is 1420. The second kappa shape index (κ2) is 8.92. The maximum absolute atomic E-state index is 13.5. The van der Waals surface area contributed by atoms with Crippen molar-refractivity contribution in [1.82, 2.24) is 4.98 Å². The van der Waals surface area contributed by atoms with Gasteiger partial charge in [-0.1, -0.05) is 32.0 Å². The summed E-state index contributed by atoms with van der Waals surface area (Å²) in [5, 5.41) is 12.5. The highest BCUT2D eigenvalue weighted by atomic mass is 16.6. The van der Waals surface area contributed by atoms with Crippen molar-refractivity contribution < 1.29 is 24.2 Å². The SMILES string of the molecule is CC1(C)c2cc(OCCCO)ccc2C(=O)c2c1[nH]c1cc(OC(=O)Nc3ccccc3)ccc21. The van der Waals surface area contributed by atoms with Crippen molar-refractivity contribution in [2.45, 2.75) is 25.7 Å². The second-order valence-electron chi connectivity index (χ2n) is 9.05. The zero-order chi connectivity index (χ0) is 24.6. The van der Waals surface area contributed by atoms with E-state index in [1.54, 1.807) is 42.5 Å². The molecule has 0 saturated carbocycles. The highest BCUT2D eigenvalue weighted by Gasteiger charge is 2.39. The van der Waals surface area contributed by atoms with Gasteiger partial charge >= 0.3 is 6.09 Å². The number of hydrogen-bond acceptors (Lipinski definition) is 5. The maximum atomic E-state index is 13.5. The number of ether oxygens (including phenoxy) is 2. The van der Waals surface area contributed by atoms with Gasteiger partial charge in [0, 0.05) is 46.8 Å². The summed E-state index contributed by atoms with van der Waals surface area (Å²) in [7, 11) is 0. The van der Waals surface area contributed by atoms with Crippen LogP contribution in [0, 0.1) is 0 Å². The number of rotatable bonds is 6. The molecule has 4 aromatic rings. The first-order chi connectivity index (χ1) is 16.9. The van der Waals surface area contributed by atoms with Crippen LogP contribution in [0.3, 0.4) is 0 Å². The number of para-hydroxylation sites is 1. The lowest BCUT2D eigenvalue weighted by Gasteiger charge is -2.32. The van der Waals surface area contributed by atoms with Crippen LogP contribution in [-0.2, 0) is 5.41 Å². The largest absolute Gasteiger partial charge is 0.493 e. The number of fused-ring (bicyclic) bond motifs is 4. The maximum Gasteiger partial charge on any atom is 0.417 e. The Balaban J connectivity index is 1.46. The Kier molecular flexibility index (Phi) is 5.78. The van der Waals surface area contributed by atoms with Crippen molar-refractivity contribution in [3.8, 4) is 11.5 Å². The Morgan fingerprint density at radius 2 is 1.80 bits per heavy atom. The van der Waals surface area contributed by atoms with Crippen LogP contribution < -0.4 is 14.8 Å². The molecule has 7 heteroatoms. The van der Waals surface area contributed by atoms with Crippen LogP contribution in [0.4, 0.5) is 10.5 Å². The topological polar surface area (TPSA) is 101 Å². The molecule has 0 atom stereocenters. The number of carbonyl (C=O) groups is 2. The van der Waals surface area contributed by atoms with Gasteiger partial charge in [-0.25, -0.2) is 4.79 Å². The fraction of sp³-hybridized carbons (Fsp3) is 0.214. The van der Waals surface area contributed by atoms with Crippen molar-refractivity contribution in [3.05, 3.63) is 89.1 Å². The lowest BCUT2D eigenvalue weighted by molar-refractivity contribution is 0.103. The number of anilines is 1. The average molecular weight is 471 g/mol. The number of ketones is 1. The normalized spacial score (nSPS) is 13.7. The molecular formula is C28H26N2O5. The number of benzene rings is 3. The Labute approximate surface area is 202 Å². The molecule has 1 aliphatic carbocycles. The van der Waals surface area contributed by atoms with Crippen LogP contribution in [0.1, 0.15) is 47.4 Å². The number of aliphatic hydroxyl groups is 1. The molecule has 0 spiro atoms. The smallest absolute Gasteiger partial charge is 0.417 e. The monoisotopic (exact) mass is 470 g/mol. The minimum atomic E-state index is -0.593. The highest BCUT2D eigenvalue weighted by molar-refractivity contribution is 6.20. The highest BCUT2D eigenvalue weighted by Crippen LogP contribution is 2.45. The van der Waals surface area contributed by atoms with Gasteiger partial charge in [0.05, 0.1) is 17.7 Å². The van der Waals surface area contributed by atoms with Crippen LogP contribution in [0.25, 0.3) is 10.9 Å². The van der Waals surface area contributed by atoms with Gasteiger partial charge in [-0.15, -0.1) is 0 Å². The van der Waals surface area contributed by atoms with Crippen molar-refractivity contribution in [1.29, 1.82) is 0 Å². The van der Waals surface area contributed by atoms with Gasteiger partial charge in [0.25, 0.3) is 0 Å².